The fourth-order valence-electron chi connectivity index (χ4n) is 1.49. The van der Waals surface area contributed by atoms with Crippen molar-refractivity contribution in [2.75, 3.05) is 0 Å². The highest BCUT2D eigenvalue weighted by molar-refractivity contribution is 5.81. The summed E-state index contributed by atoms with van der Waals surface area (Å²) < 4.78 is 5.25. The summed E-state index contributed by atoms with van der Waals surface area (Å²) >= 11 is 0. The normalized spacial score (nSPS) is 18.9. The lowest BCUT2D eigenvalue weighted by Crippen LogP contribution is -2.20. The first kappa shape index (κ1) is 9.30. The van der Waals surface area contributed by atoms with Gasteiger partial charge in [0.15, 0.2) is 0 Å². The molecule has 1 aliphatic rings. The zero-order valence-corrected chi connectivity index (χ0v) is 7.80. The lowest BCUT2D eigenvalue weighted by molar-refractivity contribution is -0.145. The van der Waals surface area contributed by atoms with Crippen LogP contribution in [0, 0.1) is 5.92 Å². The lowest BCUT2D eigenvalue weighted by atomic mass is 10.0. The third kappa shape index (κ3) is 2.36. The predicted octanol–water partition coefficient (Wildman–Crippen LogP) is 2.29. The minimum atomic E-state index is -0.284. The van der Waals surface area contributed by atoms with Crippen LogP contribution in [0.25, 0.3) is 0 Å². The molecule has 68 valence electrons. The van der Waals surface area contributed by atoms with Gasteiger partial charge in [-0.15, -0.1) is 0 Å². The van der Waals surface area contributed by atoms with Crippen LogP contribution in [0.4, 0.5) is 0 Å². The van der Waals surface area contributed by atoms with Gasteiger partial charge in [0.25, 0.3) is 0 Å². The molecular weight excluding hydrogens is 152 g/mol. The van der Waals surface area contributed by atoms with Crippen molar-refractivity contribution in [1.29, 1.82) is 0 Å². The quantitative estimate of drug-likeness (QED) is 0.475. The molecule has 0 aromatic heterocycles. The Labute approximate surface area is 73.6 Å². The second-order valence-corrected chi connectivity index (χ2v) is 3.91. The van der Waals surface area contributed by atoms with Crippen molar-refractivity contribution in [3.05, 3.63) is 12.7 Å². The molecule has 0 spiro atoms. The average molecular weight is 168 g/mol. The van der Waals surface area contributed by atoms with E-state index < -0.39 is 0 Å². The third-order valence-corrected chi connectivity index (χ3v) is 2.07. The van der Waals surface area contributed by atoms with Gasteiger partial charge in [-0.1, -0.05) is 20.4 Å². The Morgan fingerprint density at radius 2 is 2.25 bits per heavy atom. The summed E-state index contributed by atoms with van der Waals surface area (Å²) in [6.07, 6.45) is 4.25. The second kappa shape index (κ2) is 3.30. The Morgan fingerprint density at radius 1 is 1.67 bits per heavy atom. The van der Waals surface area contributed by atoms with E-state index in [-0.39, 0.29) is 11.6 Å². The number of hydrogen-bond donors (Lipinski definition) is 0. The molecule has 12 heavy (non-hydrogen) atoms. The van der Waals surface area contributed by atoms with Crippen LogP contribution in [-0.4, -0.2) is 11.6 Å². The zero-order chi connectivity index (χ0) is 9.19. The maximum Gasteiger partial charge on any atom is 0.330 e. The molecule has 0 aliphatic heterocycles. The summed E-state index contributed by atoms with van der Waals surface area (Å²) in [4.78, 5) is 10.9. The van der Waals surface area contributed by atoms with Crippen LogP contribution in [0.15, 0.2) is 12.7 Å². The van der Waals surface area contributed by atoms with Crippen LogP contribution >= 0.6 is 0 Å². The van der Waals surface area contributed by atoms with E-state index in [0.717, 1.165) is 19.3 Å². The second-order valence-electron chi connectivity index (χ2n) is 3.91. The van der Waals surface area contributed by atoms with Gasteiger partial charge in [0, 0.05) is 6.08 Å². The molecule has 0 atom stereocenters. The number of hydrogen-bond acceptors (Lipinski definition) is 2. The molecule has 0 bridgehead atoms. The molecule has 0 amide bonds. The van der Waals surface area contributed by atoms with E-state index in [2.05, 4.69) is 20.4 Å². The molecule has 1 aliphatic carbocycles. The molecule has 1 saturated carbocycles. The molecule has 1 fully saturated rings. The Balaban J connectivity index is 2.39. The van der Waals surface area contributed by atoms with Crippen LogP contribution in [0.2, 0.25) is 0 Å². The maximum absolute atomic E-state index is 10.9. The van der Waals surface area contributed by atoms with Gasteiger partial charge in [-0.3, -0.25) is 0 Å². The molecule has 0 radical (unpaired) electrons. The molecule has 0 aromatic rings. The number of carbonyl (C=O) groups excluding carboxylic acids is 1. The molecular formula is C10H16O2. The standard InChI is InChI=1S/C10H16O2/c1-4-9(11)12-10(5-6-10)7-8(2)3/h4,8H,1,5-7H2,2-3H3. The first-order valence-corrected chi connectivity index (χ1v) is 4.43. The van der Waals surface area contributed by atoms with Crippen molar-refractivity contribution in [2.45, 2.75) is 38.7 Å². The van der Waals surface area contributed by atoms with Crippen LogP contribution in [0.3, 0.4) is 0 Å². The first-order valence-electron chi connectivity index (χ1n) is 4.43. The lowest BCUT2D eigenvalue weighted by Gasteiger charge is -2.17. The summed E-state index contributed by atoms with van der Waals surface area (Å²) in [6, 6.07) is 0. The minimum absolute atomic E-state index is 0.126. The molecule has 0 aromatic carbocycles. The summed E-state index contributed by atoms with van der Waals surface area (Å²) in [5.41, 5.74) is -0.126. The first-order chi connectivity index (χ1) is 5.58. The molecule has 2 nitrogen and oxygen atoms in total. The molecule has 0 N–H and O–H groups in total. The van der Waals surface area contributed by atoms with Gasteiger partial charge >= 0.3 is 5.97 Å². The fraction of sp³-hybridized carbons (Fsp3) is 0.700. The van der Waals surface area contributed by atoms with E-state index in [9.17, 15) is 4.79 Å². The maximum atomic E-state index is 10.9. The fourth-order valence-corrected chi connectivity index (χ4v) is 1.49. The summed E-state index contributed by atoms with van der Waals surface area (Å²) in [5, 5.41) is 0. The number of ether oxygens (including phenoxy) is 1. The number of rotatable bonds is 4. The van der Waals surface area contributed by atoms with E-state index >= 15 is 0 Å². The van der Waals surface area contributed by atoms with Gasteiger partial charge < -0.3 is 4.74 Å². The van der Waals surface area contributed by atoms with Crippen molar-refractivity contribution in [2.24, 2.45) is 5.92 Å². The van der Waals surface area contributed by atoms with Gasteiger partial charge in [-0.25, -0.2) is 4.79 Å². The van der Waals surface area contributed by atoms with Crippen LogP contribution in [0.1, 0.15) is 33.1 Å². The summed E-state index contributed by atoms with van der Waals surface area (Å²) in [5.74, 6) is 0.304. The third-order valence-electron chi connectivity index (χ3n) is 2.07. The molecule has 0 saturated heterocycles. The Morgan fingerprint density at radius 3 is 2.58 bits per heavy atom. The van der Waals surface area contributed by atoms with Gasteiger partial charge in [0.2, 0.25) is 0 Å². The molecule has 0 unspecified atom stereocenters. The molecule has 1 rings (SSSR count). The van der Waals surface area contributed by atoms with E-state index in [0.29, 0.717) is 5.92 Å². The highest BCUT2D eigenvalue weighted by Crippen LogP contribution is 2.44. The van der Waals surface area contributed by atoms with Gasteiger partial charge in [-0.05, 0) is 25.2 Å². The predicted molar refractivity (Wildman–Crippen MR) is 47.7 cm³/mol. The zero-order valence-electron chi connectivity index (χ0n) is 7.80. The van der Waals surface area contributed by atoms with E-state index in [1.807, 2.05) is 0 Å². The molecule has 2 heteroatoms. The van der Waals surface area contributed by atoms with Crippen molar-refractivity contribution < 1.29 is 9.53 Å². The van der Waals surface area contributed by atoms with Gasteiger partial charge in [0.05, 0.1) is 0 Å². The van der Waals surface area contributed by atoms with Crippen LogP contribution < -0.4 is 0 Å². The van der Waals surface area contributed by atoms with E-state index in [4.69, 9.17) is 4.74 Å². The Bertz CT molecular complexity index is 190. The highest BCUT2D eigenvalue weighted by Gasteiger charge is 2.46. The SMILES string of the molecule is C=CC(=O)OC1(CC(C)C)CC1. The van der Waals surface area contributed by atoms with Crippen molar-refractivity contribution >= 4 is 5.97 Å². The van der Waals surface area contributed by atoms with Crippen LogP contribution in [-0.2, 0) is 9.53 Å². The minimum Gasteiger partial charge on any atom is -0.456 e. The summed E-state index contributed by atoms with van der Waals surface area (Å²) in [6.45, 7) is 7.66. The Kier molecular flexibility index (Phi) is 2.55. The largest absolute Gasteiger partial charge is 0.456 e. The number of carbonyl (C=O) groups is 1. The summed E-state index contributed by atoms with van der Waals surface area (Å²) in [7, 11) is 0. The monoisotopic (exact) mass is 168 g/mol. The smallest absolute Gasteiger partial charge is 0.330 e. The highest BCUT2D eigenvalue weighted by atomic mass is 16.6. The van der Waals surface area contributed by atoms with Gasteiger partial charge in [0.1, 0.15) is 5.60 Å². The van der Waals surface area contributed by atoms with Crippen LogP contribution in [0.5, 0.6) is 0 Å². The van der Waals surface area contributed by atoms with E-state index in [1.54, 1.807) is 0 Å². The van der Waals surface area contributed by atoms with Crippen molar-refractivity contribution in [3.63, 3.8) is 0 Å². The van der Waals surface area contributed by atoms with Crippen molar-refractivity contribution in [3.8, 4) is 0 Å². The topological polar surface area (TPSA) is 26.3 Å². The molecule has 0 heterocycles. The van der Waals surface area contributed by atoms with E-state index in [1.165, 1.54) is 6.08 Å². The number of esters is 1. The van der Waals surface area contributed by atoms with Gasteiger partial charge in [-0.2, -0.15) is 0 Å². The Hall–Kier alpha value is -0.790. The van der Waals surface area contributed by atoms with Crippen molar-refractivity contribution in [1.82, 2.24) is 0 Å². The average Bonchev–Trinajstić information content (AvgIpc) is 2.67.